The third kappa shape index (κ3) is 4.64. The summed E-state index contributed by atoms with van der Waals surface area (Å²) in [5.41, 5.74) is 2.70. The van der Waals surface area contributed by atoms with Crippen LogP contribution in [0.25, 0.3) is 11.3 Å². The zero-order valence-electron chi connectivity index (χ0n) is 18.2. The second-order valence-electron chi connectivity index (χ2n) is 7.55. The number of anilines is 3. The molecule has 0 aliphatic rings. The zero-order valence-corrected chi connectivity index (χ0v) is 18.2. The Morgan fingerprint density at radius 3 is 2.72 bits per heavy atom. The van der Waals surface area contributed by atoms with E-state index in [1.54, 1.807) is 19.6 Å². The van der Waals surface area contributed by atoms with Crippen LogP contribution in [0.3, 0.4) is 0 Å². The molecule has 4 aromatic rings. The molecule has 0 unspecified atom stereocenters. The molecule has 0 aliphatic carbocycles. The molecule has 0 fully saturated rings. The lowest BCUT2D eigenvalue weighted by Crippen LogP contribution is -2.31. The lowest BCUT2D eigenvalue weighted by molar-refractivity contribution is 0.385. The first-order valence-electron chi connectivity index (χ1n) is 10.3. The molecule has 10 heteroatoms. The average Bonchev–Trinajstić information content (AvgIpc) is 3.36. The van der Waals surface area contributed by atoms with Crippen LogP contribution in [0.5, 0.6) is 5.75 Å². The van der Waals surface area contributed by atoms with Crippen LogP contribution >= 0.6 is 0 Å². The Balaban J connectivity index is 1.52. The highest BCUT2D eigenvalue weighted by Crippen LogP contribution is 2.34. The van der Waals surface area contributed by atoms with Gasteiger partial charge in [0.15, 0.2) is 0 Å². The van der Waals surface area contributed by atoms with Gasteiger partial charge in [0.05, 0.1) is 12.8 Å². The van der Waals surface area contributed by atoms with E-state index in [1.165, 1.54) is 0 Å². The third-order valence-electron chi connectivity index (χ3n) is 5.51. The summed E-state index contributed by atoms with van der Waals surface area (Å²) >= 11 is 0. The first-order valence-corrected chi connectivity index (χ1v) is 10.3. The van der Waals surface area contributed by atoms with Gasteiger partial charge in [0.25, 0.3) is 5.95 Å². The summed E-state index contributed by atoms with van der Waals surface area (Å²) in [6.07, 6.45) is 4.19. The maximum absolute atomic E-state index is 5.59. The van der Waals surface area contributed by atoms with Crippen LogP contribution in [0.1, 0.15) is 25.8 Å². The van der Waals surface area contributed by atoms with E-state index in [0.717, 1.165) is 34.8 Å². The van der Waals surface area contributed by atoms with Crippen molar-refractivity contribution in [3.63, 3.8) is 0 Å². The molecule has 0 saturated carbocycles. The third-order valence-corrected chi connectivity index (χ3v) is 5.51. The monoisotopic (exact) mass is 431 g/mol. The molecular weight excluding hydrogens is 406 g/mol. The molecule has 1 aromatic carbocycles. The Morgan fingerprint density at radius 2 is 1.94 bits per heavy atom. The van der Waals surface area contributed by atoms with Crippen molar-refractivity contribution < 1.29 is 4.74 Å². The number of hydrogen-bond acceptors (Lipinski definition) is 9. The Bertz CT molecular complexity index is 1170. The van der Waals surface area contributed by atoms with Crippen LogP contribution in [0.15, 0.2) is 55.0 Å². The molecule has 32 heavy (non-hydrogen) atoms. The van der Waals surface area contributed by atoms with Gasteiger partial charge in [0, 0.05) is 35.3 Å². The maximum atomic E-state index is 5.59. The summed E-state index contributed by atoms with van der Waals surface area (Å²) in [5, 5.41) is 20.1. The zero-order chi connectivity index (χ0) is 22.4. The normalized spacial score (nSPS) is 12.7. The lowest BCUT2D eigenvalue weighted by Gasteiger charge is -2.31. The average molecular weight is 432 g/mol. The summed E-state index contributed by atoms with van der Waals surface area (Å²) in [5.74, 6) is 2.57. The first kappa shape index (κ1) is 21.2. The fourth-order valence-corrected chi connectivity index (χ4v) is 3.44. The molecule has 0 radical (unpaired) electrons. The van der Waals surface area contributed by atoms with Gasteiger partial charge in [-0.15, -0.1) is 5.10 Å². The molecule has 3 heterocycles. The van der Waals surface area contributed by atoms with Crippen molar-refractivity contribution in [3.05, 3.63) is 60.6 Å². The number of pyridine rings is 1. The standard InChI is InChI=1S/C22H25N9O/c1-4-22(2,16-7-5-6-8-18(16)32-3)13-24-19-12-17(25-14-26-19)15-9-10-23-20(11-15)27-21-28-30-31-29-21/h5-12,14H,4,13H2,1-3H3,(H,24,25,26)(H2,23,27,28,29,30,31)/t22-/m1/s1. The lowest BCUT2D eigenvalue weighted by atomic mass is 9.79. The van der Waals surface area contributed by atoms with E-state index in [-0.39, 0.29) is 5.41 Å². The van der Waals surface area contributed by atoms with Gasteiger partial charge in [0.1, 0.15) is 23.7 Å². The van der Waals surface area contributed by atoms with Crippen LogP contribution in [0.4, 0.5) is 17.6 Å². The minimum atomic E-state index is -0.129. The number of ether oxygens (including phenoxy) is 1. The van der Waals surface area contributed by atoms with E-state index in [0.29, 0.717) is 18.3 Å². The number of hydrogen-bond donors (Lipinski definition) is 3. The molecule has 3 N–H and O–H groups in total. The molecule has 4 rings (SSSR count). The number of nitrogens with zero attached hydrogens (tertiary/aromatic N) is 6. The summed E-state index contributed by atoms with van der Waals surface area (Å²) in [6.45, 7) is 5.09. The second-order valence-corrected chi connectivity index (χ2v) is 7.55. The fourth-order valence-electron chi connectivity index (χ4n) is 3.44. The molecule has 3 aromatic heterocycles. The van der Waals surface area contributed by atoms with Gasteiger partial charge in [-0.1, -0.05) is 37.1 Å². The molecule has 0 aliphatic heterocycles. The highest BCUT2D eigenvalue weighted by atomic mass is 16.5. The van der Waals surface area contributed by atoms with Crippen LogP contribution in [0.2, 0.25) is 0 Å². The van der Waals surface area contributed by atoms with Crippen LogP contribution in [-0.2, 0) is 5.41 Å². The Kier molecular flexibility index (Phi) is 6.20. The topological polar surface area (TPSA) is 126 Å². The van der Waals surface area contributed by atoms with Crippen molar-refractivity contribution in [1.82, 2.24) is 35.6 Å². The van der Waals surface area contributed by atoms with Gasteiger partial charge >= 0.3 is 0 Å². The van der Waals surface area contributed by atoms with E-state index in [1.807, 2.05) is 36.4 Å². The number of aromatic amines is 1. The SMILES string of the molecule is CC[C@](C)(CNc1cc(-c2ccnc(Nc3nn[nH]n3)c2)ncn1)c1ccccc1OC. The van der Waals surface area contributed by atoms with Crippen molar-refractivity contribution in [2.24, 2.45) is 0 Å². The van der Waals surface area contributed by atoms with Crippen LogP contribution < -0.4 is 15.4 Å². The Morgan fingerprint density at radius 1 is 1.06 bits per heavy atom. The quantitative estimate of drug-likeness (QED) is 0.364. The molecular formula is C22H25N9O. The second kappa shape index (κ2) is 9.38. The Labute approximate surface area is 185 Å². The summed E-state index contributed by atoms with van der Waals surface area (Å²) < 4.78 is 5.59. The van der Waals surface area contributed by atoms with Gasteiger partial charge in [-0.3, -0.25) is 0 Å². The maximum Gasteiger partial charge on any atom is 0.268 e. The van der Waals surface area contributed by atoms with Crippen molar-refractivity contribution in [2.75, 3.05) is 24.3 Å². The van der Waals surface area contributed by atoms with Crippen LogP contribution in [-0.4, -0.2) is 49.2 Å². The van der Waals surface area contributed by atoms with Crippen molar-refractivity contribution in [2.45, 2.75) is 25.7 Å². The number of H-pyrrole nitrogens is 1. The highest BCUT2D eigenvalue weighted by Gasteiger charge is 2.27. The highest BCUT2D eigenvalue weighted by molar-refractivity contribution is 5.66. The van der Waals surface area contributed by atoms with E-state index < -0.39 is 0 Å². The molecule has 1 atom stereocenters. The number of tetrazole rings is 1. The van der Waals surface area contributed by atoms with Gasteiger partial charge in [-0.2, -0.15) is 5.21 Å². The van der Waals surface area contributed by atoms with Gasteiger partial charge in [0.2, 0.25) is 0 Å². The van der Waals surface area contributed by atoms with E-state index in [9.17, 15) is 0 Å². The van der Waals surface area contributed by atoms with Crippen molar-refractivity contribution in [1.29, 1.82) is 0 Å². The van der Waals surface area contributed by atoms with Gasteiger partial charge < -0.3 is 15.4 Å². The minimum Gasteiger partial charge on any atom is -0.496 e. The fraction of sp³-hybridized carbons (Fsp3) is 0.273. The number of benzene rings is 1. The summed E-state index contributed by atoms with van der Waals surface area (Å²) in [6, 6.07) is 13.8. The van der Waals surface area contributed by atoms with E-state index >= 15 is 0 Å². The Hall–Kier alpha value is -4.08. The summed E-state index contributed by atoms with van der Waals surface area (Å²) in [4.78, 5) is 13.1. The molecule has 0 saturated heterocycles. The van der Waals surface area contributed by atoms with E-state index in [4.69, 9.17) is 4.74 Å². The largest absolute Gasteiger partial charge is 0.496 e. The van der Waals surface area contributed by atoms with Crippen LogP contribution in [0, 0.1) is 0 Å². The van der Waals surface area contributed by atoms with Gasteiger partial charge in [-0.05, 0) is 29.8 Å². The molecule has 164 valence electrons. The summed E-state index contributed by atoms with van der Waals surface area (Å²) in [7, 11) is 1.70. The first-order chi connectivity index (χ1) is 15.6. The number of para-hydroxylation sites is 1. The number of methoxy groups -OCH3 is 1. The van der Waals surface area contributed by atoms with Crippen molar-refractivity contribution >= 4 is 17.6 Å². The predicted octanol–water partition coefficient (Wildman–Crippen LogP) is 3.58. The number of aromatic nitrogens is 7. The predicted molar refractivity (Wildman–Crippen MR) is 122 cm³/mol. The molecule has 0 spiro atoms. The minimum absolute atomic E-state index is 0.129. The number of nitrogens with one attached hydrogen (secondary N) is 3. The van der Waals surface area contributed by atoms with Gasteiger partial charge in [-0.25, -0.2) is 15.0 Å². The molecule has 0 amide bonds. The smallest absolute Gasteiger partial charge is 0.268 e. The molecule has 10 nitrogen and oxygen atoms in total. The number of rotatable bonds is 9. The van der Waals surface area contributed by atoms with E-state index in [2.05, 4.69) is 66.1 Å². The molecule has 0 bridgehead atoms. The van der Waals surface area contributed by atoms with Crippen molar-refractivity contribution in [3.8, 4) is 17.0 Å².